The van der Waals surface area contributed by atoms with E-state index in [0.717, 1.165) is 42.4 Å². The normalized spacial score (nSPS) is 18.0. The Kier molecular flexibility index (Phi) is 5.53. The Labute approximate surface area is 181 Å². The van der Waals surface area contributed by atoms with E-state index in [2.05, 4.69) is 5.32 Å². The molecule has 0 bridgehead atoms. The maximum absolute atomic E-state index is 12.8. The van der Waals surface area contributed by atoms with Crippen LogP contribution in [-0.4, -0.2) is 29.6 Å². The summed E-state index contributed by atoms with van der Waals surface area (Å²) in [6.07, 6.45) is -1.49. The van der Waals surface area contributed by atoms with Gasteiger partial charge in [-0.05, 0) is 42.7 Å². The molecule has 0 aliphatic carbocycles. The minimum atomic E-state index is -4.49. The monoisotopic (exact) mass is 458 g/mol. The number of piperidine rings is 1. The highest BCUT2D eigenvalue weighted by atomic mass is 35.5. The second kappa shape index (κ2) is 7.85. The first-order chi connectivity index (χ1) is 14.2. The van der Waals surface area contributed by atoms with Gasteiger partial charge in [0.25, 0.3) is 0 Å². The minimum absolute atomic E-state index is 0.143. The van der Waals surface area contributed by atoms with Crippen molar-refractivity contribution in [3.63, 3.8) is 0 Å². The molecule has 1 saturated heterocycles. The quantitative estimate of drug-likeness (QED) is 0.536. The van der Waals surface area contributed by atoms with Gasteiger partial charge in [0.1, 0.15) is 11.4 Å². The van der Waals surface area contributed by atoms with E-state index >= 15 is 0 Å². The van der Waals surface area contributed by atoms with Gasteiger partial charge in [-0.1, -0.05) is 35.3 Å². The van der Waals surface area contributed by atoms with E-state index in [1.807, 2.05) is 12.1 Å². The molecule has 4 rings (SSSR count). The predicted octanol–water partition coefficient (Wildman–Crippen LogP) is 6.40. The number of fused-ring (bicyclic) bond motifs is 1. The number of aryl methyl sites for hydroxylation is 1. The second-order valence-corrected chi connectivity index (χ2v) is 8.44. The van der Waals surface area contributed by atoms with Crippen molar-refractivity contribution < 1.29 is 22.7 Å². The number of nitrogens with zero attached hydrogens (tertiary/aromatic N) is 1. The van der Waals surface area contributed by atoms with E-state index in [-0.39, 0.29) is 16.3 Å². The molecule has 0 atom stereocenters. The van der Waals surface area contributed by atoms with Crippen LogP contribution in [0, 0.1) is 0 Å². The molecular weight excluding hydrogens is 440 g/mol. The first kappa shape index (κ1) is 21.1. The molecule has 1 N–H and O–H groups in total. The van der Waals surface area contributed by atoms with Crippen molar-refractivity contribution in [1.29, 1.82) is 0 Å². The summed E-state index contributed by atoms with van der Waals surface area (Å²) in [5, 5.41) is 3.03. The largest absolute Gasteiger partial charge is 0.485 e. The van der Waals surface area contributed by atoms with Gasteiger partial charge in [0.05, 0.1) is 21.3 Å². The van der Waals surface area contributed by atoms with Crippen LogP contribution >= 0.6 is 23.2 Å². The van der Waals surface area contributed by atoms with E-state index < -0.39 is 17.8 Å². The third-order valence-corrected chi connectivity index (χ3v) is 6.33. The molecule has 2 amide bonds. The summed E-state index contributed by atoms with van der Waals surface area (Å²) in [7, 11) is 0. The Bertz CT molecular complexity index is 973. The number of para-hydroxylation sites is 1. The van der Waals surface area contributed by atoms with Crippen LogP contribution in [0.2, 0.25) is 10.0 Å². The average molecular weight is 459 g/mol. The number of rotatable bonds is 1. The molecule has 1 fully saturated rings. The van der Waals surface area contributed by atoms with Gasteiger partial charge in [-0.15, -0.1) is 0 Å². The number of carbonyl (C=O) groups is 1. The van der Waals surface area contributed by atoms with Crippen LogP contribution in [0.15, 0.2) is 36.4 Å². The van der Waals surface area contributed by atoms with Gasteiger partial charge in [0, 0.05) is 25.9 Å². The summed E-state index contributed by atoms with van der Waals surface area (Å²) in [5.41, 5.74) is 0.00876. The molecule has 160 valence electrons. The lowest BCUT2D eigenvalue weighted by Crippen LogP contribution is -2.52. The van der Waals surface area contributed by atoms with Crippen molar-refractivity contribution in [2.75, 3.05) is 18.4 Å². The lowest BCUT2D eigenvalue weighted by molar-refractivity contribution is -0.137. The molecule has 2 aliphatic rings. The summed E-state index contributed by atoms with van der Waals surface area (Å²) in [6, 6.07) is 8.17. The molecule has 1 spiro atoms. The van der Waals surface area contributed by atoms with Gasteiger partial charge in [0.15, 0.2) is 0 Å². The topological polar surface area (TPSA) is 41.6 Å². The van der Waals surface area contributed by atoms with Crippen molar-refractivity contribution in [2.45, 2.75) is 37.5 Å². The number of urea groups is 1. The standard InChI is InChI=1S/C21H19Cl2F3N2O2/c22-15-3-1-2-13-6-7-20(30-18(13)15)8-10-28(11-9-20)19(29)27-17-5-4-14(12-16(17)23)21(24,25)26/h1-5,12H,6-11H2,(H,27,29). The van der Waals surface area contributed by atoms with E-state index in [1.165, 1.54) is 0 Å². The number of carbonyl (C=O) groups excluding carboxylic acids is 1. The molecule has 0 aromatic heterocycles. The zero-order valence-electron chi connectivity index (χ0n) is 15.9. The van der Waals surface area contributed by atoms with Gasteiger partial charge < -0.3 is 15.0 Å². The number of nitrogens with one attached hydrogen (secondary N) is 1. The summed E-state index contributed by atoms with van der Waals surface area (Å²) < 4.78 is 44.6. The Morgan fingerprint density at radius 1 is 1.07 bits per heavy atom. The number of halogens is 5. The molecule has 0 radical (unpaired) electrons. The van der Waals surface area contributed by atoms with Crippen molar-refractivity contribution >= 4 is 34.9 Å². The third-order valence-electron chi connectivity index (χ3n) is 5.72. The summed E-state index contributed by atoms with van der Waals surface area (Å²) >= 11 is 12.2. The number of alkyl halides is 3. The third kappa shape index (κ3) is 4.18. The van der Waals surface area contributed by atoms with Gasteiger partial charge in [-0.3, -0.25) is 0 Å². The maximum Gasteiger partial charge on any atom is 0.416 e. The molecule has 2 aliphatic heterocycles. The number of anilines is 1. The van der Waals surface area contributed by atoms with Crippen LogP contribution in [0.5, 0.6) is 5.75 Å². The highest BCUT2D eigenvalue weighted by molar-refractivity contribution is 6.33. The maximum atomic E-state index is 12.8. The zero-order chi connectivity index (χ0) is 21.5. The van der Waals surface area contributed by atoms with Gasteiger partial charge >= 0.3 is 12.2 Å². The van der Waals surface area contributed by atoms with Crippen molar-refractivity contribution in [3.8, 4) is 5.75 Å². The highest BCUT2D eigenvalue weighted by Gasteiger charge is 2.41. The molecule has 2 aromatic carbocycles. The Hall–Kier alpha value is -2.12. The van der Waals surface area contributed by atoms with Gasteiger partial charge in [0.2, 0.25) is 0 Å². The van der Waals surface area contributed by atoms with Crippen molar-refractivity contribution in [3.05, 3.63) is 57.6 Å². The van der Waals surface area contributed by atoms with Crippen LogP contribution < -0.4 is 10.1 Å². The number of likely N-dealkylation sites (tertiary alicyclic amines) is 1. The smallest absolute Gasteiger partial charge is 0.416 e. The van der Waals surface area contributed by atoms with E-state index in [4.69, 9.17) is 27.9 Å². The SMILES string of the molecule is O=C(Nc1ccc(C(F)(F)F)cc1Cl)N1CCC2(CCc3cccc(Cl)c3O2)CC1. The van der Waals surface area contributed by atoms with Crippen LogP contribution in [0.1, 0.15) is 30.4 Å². The fourth-order valence-corrected chi connectivity index (χ4v) is 4.41. The second-order valence-electron chi connectivity index (χ2n) is 7.62. The molecule has 30 heavy (non-hydrogen) atoms. The summed E-state index contributed by atoms with van der Waals surface area (Å²) in [6.45, 7) is 0.924. The van der Waals surface area contributed by atoms with Gasteiger partial charge in [-0.2, -0.15) is 13.2 Å². The van der Waals surface area contributed by atoms with E-state index in [9.17, 15) is 18.0 Å². The first-order valence-electron chi connectivity index (χ1n) is 9.56. The molecule has 4 nitrogen and oxygen atoms in total. The summed E-state index contributed by atoms with van der Waals surface area (Å²) in [5.74, 6) is 0.722. The first-order valence-corrected chi connectivity index (χ1v) is 10.3. The lowest BCUT2D eigenvalue weighted by Gasteiger charge is -2.44. The number of amides is 2. The zero-order valence-corrected chi connectivity index (χ0v) is 17.4. The lowest BCUT2D eigenvalue weighted by atomic mass is 9.83. The Morgan fingerprint density at radius 3 is 2.47 bits per heavy atom. The molecule has 0 saturated carbocycles. The number of hydrogen-bond acceptors (Lipinski definition) is 2. The fraction of sp³-hybridized carbons (Fsp3) is 0.381. The number of ether oxygens (including phenoxy) is 1. The number of benzene rings is 2. The Balaban J connectivity index is 1.39. The van der Waals surface area contributed by atoms with Crippen LogP contribution in [0.25, 0.3) is 0 Å². The van der Waals surface area contributed by atoms with Crippen molar-refractivity contribution in [1.82, 2.24) is 4.90 Å². The van der Waals surface area contributed by atoms with Crippen LogP contribution in [-0.2, 0) is 12.6 Å². The van der Waals surface area contributed by atoms with Crippen LogP contribution in [0.4, 0.5) is 23.7 Å². The van der Waals surface area contributed by atoms with Gasteiger partial charge in [-0.25, -0.2) is 4.79 Å². The van der Waals surface area contributed by atoms with E-state index in [0.29, 0.717) is 31.0 Å². The molecule has 0 unspecified atom stereocenters. The minimum Gasteiger partial charge on any atom is -0.485 e. The highest BCUT2D eigenvalue weighted by Crippen LogP contribution is 2.43. The predicted molar refractivity (Wildman–Crippen MR) is 109 cm³/mol. The van der Waals surface area contributed by atoms with Crippen LogP contribution in [0.3, 0.4) is 0 Å². The molecule has 2 heterocycles. The molecule has 2 aromatic rings. The molecular formula is C21H19Cl2F3N2O2. The molecule has 9 heteroatoms. The Morgan fingerprint density at radius 2 is 1.80 bits per heavy atom. The van der Waals surface area contributed by atoms with E-state index in [1.54, 1.807) is 11.0 Å². The van der Waals surface area contributed by atoms with Crippen molar-refractivity contribution in [2.24, 2.45) is 0 Å². The fourth-order valence-electron chi connectivity index (χ4n) is 3.95. The average Bonchev–Trinajstić information content (AvgIpc) is 2.70. The number of hydrogen-bond donors (Lipinski definition) is 1. The summed E-state index contributed by atoms with van der Waals surface area (Å²) in [4.78, 5) is 14.2.